The summed E-state index contributed by atoms with van der Waals surface area (Å²) in [5, 5.41) is 4.33. The Morgan fingerprint density at radius 2 is 0.807 bits per heavy atom. The van der Waals surface area contributed by atoms with Crippen LogP contribution in [0.3, 0.4) is 0 Å². The number of rotatable bonds is 5. The van der Waals surface area contributed by atoms with Crippen molar-refractivity contribution < 1.29 is 8.83 Å². The topological polar surface area (TPSA) is 65.0 Å². The van der Waals surface area contributed by atoms with Gasteiger partial charge in [0.1, 0.15) is 22.3 Å². The largest absolute Gasteiger partial charge is 0.456 e. The van der Waals surface area contributed by atoms with Crippen LogP contribution in [0.15, 0.2) is 203 Å². The molecule has 0 aliphatic heterocycles. The molecular formula is C52H35N3O2. The molecule has 270 valence electrons. The number of benzene rings is 8. The van der Waals surface area contributed by atoms with Crippen LogP contribution in [0, 0.1) is 6.92 Å². The molecule has 3 heterocycles. The molecule has 0 radical (unpaired) electrons. The standard InChI is InChI=1S/C39H23N3O2.C13H12/c1-2-9-25(10-3-1)37-40-38(42-39(41-37)27-21-22-34-31(23-27)29-11-4-6-14-32(29)43-34)26-19-17-24(18-20-26)28-13-8-16-35-36(28)30-12-5-7-15-33(30)44-35;1-11-6-5-9-13(10-11)12-7-3-2-4-8-12/h1-23H;2-10H,1H3. The minimum Gasteiger partial charge on any atom is -0.456 e. The number of hydrogen-bond acceptors (Lipinski definition) is 5. The third-order valence-corrected chi connectivity index (χ3v) is 10.3. The predicted molar refractivity (Wildman–Crippen MR) is 233 cm³/mol. The molecule has 0 atom stereocenters. The summed E-state index contributed by atoms with van der Waals surface area (Å²) in [5.41, 5.74) is 12.3. The van der Waals surface area contributed by atoms with Crippen LogP contribution in [0.25, 0.3) is 100 Å². The van der Waals surface area contributed by atoms with Crippen molar-refractivity contribution in [1.82, 2.24) is 15.0 Å². The molecule has 5 heteroatoms. The van der Waals surface area contributed by atoms with Crippen LogP contribution in [-0.2, 0) is 0 Å². The highest BCUT2D eigenvalue weighted by molar-refractivity contribution is 6.12. The quantitative estimate of drug-likeness (QED) is 0.176. The lowest BCUT2D eigenvalue weighted by Crippen LogP contribution is -2.00. The van der Waals surface area contributed by atoms with E-state index in [-0.39, 0.29) is 0 Å². The van der Waals surface area contributed by atoms with E-state index in [4.69, 9.17) is 23.8 Å². The number of furan rings is 2. The zero-order valence-corrected chi connectivity index (χ0v) is 31.1. The molecule has 0 unspecified atom stereocenters. The highest BCUT2D eigenvalue weighted by Crippen LogP contribution is 2.38. The molecule has 11 rings (SSSR count). The maximum Gasteiger partial charge on any atom is 0.164 e. The zero-order valence-electron chi connectivity index (χ0n) is 31.1. The SMILES string of the molecule is Cc1cccc(-c2ccccc2)c1.c1ccc(-c2nc(-c3ccc(-c4cccc5oc6ccccc6c45)cc3)nc(-c3ccc4oc5ccccc5c4c3)n2)cc1. The molecule has 11 aromatic rings. The van der Waals surface area contributed by atoms with Crippen LogP contribution >= 0.6 is 0 Å². The molecule has 0 fully saturated rings. The van der Waals surface area contributed by atoms with E-state index in [1.165, 1.54) is 16.7 Å². The van der Waals surface area contributed by atoms with Gasteiger partial charge in [-0.3, -0.25) is 0 Å². The summed E-state index contributed by atoms with van der Waals surface area (Å²) in [6.45, 7) is 2.12. The first-order valence-corrected chi connectivity index (χ1v) is 19.0. The highest BCUT2D eigenvalue weighted by Gasteiger charge is 2.16. The van der Waals surface area contributed by atoms with Gasteiger partial charge in [0.15, 0.2) is 17.5 Å². The summed E-state index contributed by atoms with van der Waals surface area (Å²) in [4.78, 5) is 14.8. The van der Waals surface area contributed by atoms with Crippen molar-refractivity contribution in [3.05, 3.63) is 200 Å². The van der Waals surface area contributed by atoms with Crippen molar-refractivity contribution in [2.24, 2.45) is 0 Å². The summed E-state index contributed by atoms with van der Waals surface area (Å²) in [5.74, 6) is 1.85. The van der Waals surface area contributed by atoms with E-state index in [0.717, 1.165) is 71.7 Å². The minimum atomic E-state index is 0.611. The van der Waals surface area contributed by atoms with E-state index < -0.39 is 0 Å². The van der Waals surface area contributed by atoms with Gasteiger partial charge in [-0.25, -0.2) is 15.0 Å². The Labute approximate surface area is 329 Å². The van der Waals surface area contributed by atoms with Crippen molar-refractivity contribution in [1.29, 1.82) is 0 Å². The van der Waals surface area contributed by atoms with Gasteiger partial charge in [-0.1, -0.05) is 163 Å². The third-order valence-electron chi connectivity index (χ3n) is 10.3. The Bertz CT molecular complexity index is 3180. The maximum atomic E-state index is 6.13. The average molecular weight is 734 g/mol. The molecule has 57 heavy (non-hydrogen) atoms. The second-order valence-electron chi connectivity index (χ2n) is 14.1. The molecule has 0 bridgehead atoms. The first-order valence-electron chi connectivity index (χ1n) is 19.0. The van der Waals surface area contributed by atoms with Crippen molar-refractivity contribution in [2.75, 3.05) is 0 Å². The first-order chi connectivity index (χ1) is 28.1. The van der Waals surface area contributed by atoms with Crippen LogP contribution in [0.1, 0.15) is 5.56 Å². The van der Waals surface area contributed by atoms with Gasteiger partial charge in [-0.15, -0.1) is 0 Å². The van der Waals surface area contributed by atoms with E-state index in [1.807, 2.05) is 97.1 Å². The minimum absolute atomic E-state index is 0.611. The molecule has 0 aliphatic rings. The van der Waals surface area contributed by atoms with Gasteiger partial charge in [0.05, 0.1) is 0 Å². The van der Waals surface area contributed by atoms with Crippen molar-refractivity contribution in [2.45, 2.75) is 6.92 Å². The van der Waals surface area contributed by atoms with Gasteiger partial charge in [-0.05, 0) is 65.6 Å². The number of fused-ring (bicyclic) bond motifs is 6. The van der Waals surface area contributed by atoms with Crippen LogP contribution < -0.4 is 0 Å². The van der Waals surface area contributed by atoms with Gasteiger partial charge < -0.3 is 8.83 Å². The summed E-state index contributed by atoms with van der Waals surface area (Å²) < 4.78 is 12.2. The number of aromatic nitrogens is 3. The van der Waals surface area contributed by atoms with Crippen LogP contribution in [0.4, 0.5) is 0 Å². The summed E-state index contributed by atoms with van der Waals surface area (Å²) in [7, 11) is 0. The second-order valence-corrected chi connectivity index (χ2v) is 14.1. The second kappa shape index (κ2) is 14.5. The fraction of sp³-hybridized carbons (Fsp3) is 0.0192. The molecule has 0 saturated carbocycles. The highest BCUT2D eigenvalue weighted by atomic mass is 16.3. The fourth-order valence-electron chi connectivity index (χ4n) is 7.48. The van der Waals surface area contributed by atoms with Crippen molar-refractivity contribution in [3.63, 3.8) is 0 Å². The predicted octanol–water partition coefficient (Wildman–Crippen LogP) is 14.0. The Hall–Kier alpha value is -7.63. The summed E-state index contributed by atoms with van der Waals surface area (Å²) in [6.07, 6.45) is 0. The van der Waals surface area contributed by atoms with E-state index in [9.17, 15) is 0 Å². The maximum absolute atomic E-state index is 6.13. The lowest BCUT2D eigenvalue weighted by molar-refractivity contribution is 0.668. The monoisotopic (exact) mass is 733 g/mol. The average Bonchev–Trinajstić information content (AvgIpc) is 3.85. The first kappa shape index (κ1) is 33.9. The van der Waals surface area contributed by atoms with Gasteiger partial charge >= 0.3 is 0 Å². The molecule has 5 nitrogen and oxygen atoms in total. The normalized spacial score (nSPS) is 11.2. The van der Waals surface area contributed by atoms with Gasteiger partial charge in [0, 0.05) is 38.2 Å². The Kier molecular flexibility index (Phi) is 8.65. The lowest BCUT2D eigenvalue weighted by Gasteiger charge is -2.09. The Balaban J connectivity index is 0.000000259. The number of hydrogen-bond donors (Lipinski definition) is 0. The van der Waals surface area contributed by atoms with E-state index >= 15 is 0 Å². The molecule has 3 aromatic heterocycles. The van der Waals surface area contributed by atoms with Crippen molar-refractivity contribution >= 4 is 43.9 Å². The van der Waals surface area contributed by atoms with Crippen LogP contribution in [0.2, 0.25) is 0 Å². The van der Waals surface area contributed by atoms with Crippen LogP contribution in [-0.4, -0.2) is 15.0 Å². The lowest BCUT2D eigenvalue weighted by atomic mass is 9.98. The van der Waals surface area contributed by atoms with E-state index in [1.54, 1.807) is 0 Å². The fourth-order valence-corrected chi connectivity index (χ4v) is 7.48. The van der Waals surface area contributed by atoms with Crippen molar-refractivity contribution in [3.8, 4) is 56.4 Å². The number of aryl methyl sites for hydroxylation is 1. The number of para-hydroxylation sites is 2. The third kappa shape index (κ3) is 6.62. The van der Waals surface area contributed by atoms with Crippen LogP contribution in [0.5, 0.6) is 0 Å². The van der Waals surface area contributed by atoms with Gasteiger partial charge in [-0.2, -0.15) is 0 Å². The van der Waals surface area contributed by atoms with E-state index in [2.05, 4.69) is 104 Å². The van der Waals surface area contributed by atoms with Gasteiger partial charge in [0.2, 0.25) is 0 Å². The molecule has 8 aromatic carbocycles. The Morgan fingerprint density at radius 3 is 1.53 bits per heavy atom. The van der Waals surface area contributed by atoms with E-state index in [0.29, 0.717) is 17.5 Å². The molecule has 0 aliphatic carbocycles. The summed E-state index contributed by atoms with van der Waals surface area (Å²) in [6, 6.07) is 66.0. The molecule has 0 spiro atoms. The number of nitrogens with zero attached hydrogens (tertiary/aromatic N) is 3. The molecule has 0 saturated heterocycles. The zero-order chi connectivity index (χ0) is 38.1. The Morgan fingerprint density at radius 1 is 0.316 bits per heavy atom. The molecule has 0 N–H and O–H groups in total. The smallest absolute Gasteiger partial charge is 0.164 e. The molecule has 0 amide bonds. The van der Waals surface area contributed by atoms with Gasteiger partial charge in [0.25, 0.3) is 0 Å². The summed E-state index contributed by atoms with van der Waals surface area (Å²) >= 11 is 0. The molecular weight excluding hydrogens is 699 g/mol.